The van der Waals surface area contributed by atoms with Crippen LogP contribution in [0.5, 0.6) is 0 Å². The summed E-state index contributed by atoms with van der Waals surface area (Å²) in [5.74, 6) is 4.71. The molecule has 5 unspecified atom stereocenters. The van der Waals surface area contributed by atoms with Gasteiger partial charge in [0.2, 0.25) is 0 Å². The fourth-order valence-corrected chi connectivity index (χ4v) is 5.98. The molecule has 37 N–H and O–H groups in total. The topological polar surface area (TPSA) is 628 Å². The van der Waals surface area contributed by atoms with Crippen LogP contribution in [0.2, 0.25) is 0 Å². The SMILES string of the molecule is CC(COCCN)OCCN.CC(N)COCCOCC(C)N.CC(N)COCCOCC(C)N.NCCCCCCN.NCCNCCN.NCCOCCOCCN.NCCOCCOCCN.NCCOCCOCCN.NCCOCCS.NCCS.SCCOCCOCCS.SCCOCCS. The Kier molecular flexibility index (Phi) is 190. The normalized spacial score (nSPS) is 11.5. The first-order valence-electron chi connectivity index (χ1n) is 37.8. The lowest BCUT2D eigenvalue weighted by Gasteiger charge is -2.11. The Labute approximate surface area is 690 Å². The van der Waals surface area contributed by atoms with Gasteiger partial charge in [0.25, 0.3) is 0 Å². The minimum atomic E-state index is 0.0958. The average Bonchev–Trinajstić information content (AvgIpc) is 1.73. The van der Waals surface area contributed by atoms with Crippen LogP contribution in [0.3, 0.4) is 0 Å². The van der Waals surface area contributed by atoms with E-state index in [-0.39, 0.29) is 30.3 Å². The maximum Gasteiger partial charge on any atom is 0.0781 e. The van der Waals surface area contributed by atoms with Crippen LogP contribution in [-0.4, -0.2) is 374 Å². The summed E-state index contributed by atoms with van der Waals surface area (Å²) in [6.45, 7) is 39.5. The predicted molar refractivity (Wildman–Crippen MR) is 474 cm³/mol. The van der Waals surface area contributed by atoms with Crippen LogP contribution >= 0.6 is 75.8 Å². The zero-order valence-corrected chi connectivity index (χ0v) is 73.7. The fourth-order valence-electron chi connectivity index (χ4n) is 5.33. The third kappa shape index (κ3) is 219. The Morgan fingerprint density at radius 1 is 0.204 bits per heavy atom. The van der Waals surface area contributed by atoms with Gasteiger partial charge in [0.1, 0.15) is 0 Å². The number of unbranched alkanes of at least 4 members (excludes halogenated alkanes) is 3. The molecule has 41 heteroatoms. The van der Waals surface area contributed by atoms with Crippen LogP contribution in [0.15, 0.2) is 0 Å². The van der Waals surface area contributed by atoms with Crippen LogP contribution in [0, 0.1) is 0 Å². The lowest BCUT2D eigenvalue weighted by molar-refractivity contribution is -0.00143. The van der Waals surface area contributed by atoms with Crippen molar-refractivity contribution in [1.29, 1.82) is 0 Å². The van der Waals surface area contributed by atoms with Crippen molar-refractivity contribution in [3.05, 3.63) is 0 Å². The highest BCUT2D eigenvalue weighted by Crippen LogP contribution is 1.96. The van der Waals surface area contributed by atoms with E-state index in [1.807, 2.05) is 34.6 Å². The molecule has 0 rings (SSSR count). The second-order valence-electron chi connectivity index (χ2n) is 21.6. The lowest BCUT2D eigenvalue weighted by atomic mass is 10.2. The number of hydrogen-bond donors (Lipinski definition) is 25. The molecular formula is C67H177N19O16S6. The molecule has 0 aromatic heterocycles. The number of ether oxygens (including phenoxy) is 16. The van der Waals surface area contributed by atoms with Gasteiger partial charge in [0, 0.05) is 150 Å². The van der Waals surface area contributed by atoms with Crippen molar-refractivity contribution in [1.82, 2.24) is 5.32 Å². The van der Waals surface area contributed by atoms with E-state index in [1.165, 1.54) is 12.8 Å². The molecule has 0 aromatic carbocycles. The van der Waals surface area contributed by atoms with E-state index in [1.54, 1.807) is 0 Å². The smallest absolute Gasteiger partial charge is 0.0781 e. The summed E-state index contributed by atoms with van der Waals surface area (Å²) in [7, 11) is 0. The molecule has 0 radical (unpaired) electrons. The van der Waals surface area contributed by atoms with E-state index in [9.17, 15) is 0 Å². The Morgan fingerprint density at radius 2 is 0.389 bits per heavy atom. The summed E-state index contributed by atoms with van der Waals surface area (Å²) >= 11 is 23.6. The molecule has 0 amide bonds. The van der Waals surface area contributed by atoms with E-state index in [4.69, 9.17) is 179 Å². The second-order valence-corrected chi connectivity index (χ2v) is 24.3. The Bertz CT molecular complexity index is 1120. The molecule has 0 heterocycles. The summed E-state index contributed by atoms with van der Waals surface area (Å²) in [5, 5.41) is 3.03. The maximum absolute atomic E-state index is 5.47. The van der Waals surface area contributed by atoms with Gasteiger partial charge in [-0.15, -0.1) is 0 Å². The molecule has 108 heavy (non-hydrogen) atoms. The molecule has 0 aromatic rings. The predicted octanol–water partition coefficient (Wildman–Crippen LogP) is -3.97. The van der Waals surface area contributed by atoms with E-state index in [0.29, 0.717) is 270 Å². The summed E-state index contributed by atoms with van der Waals surface area (Å²) in [4.78, 5) is 0. The standard InChI is InChI=1S/2C8H20N2O2.C7H18N2O2.3C6H16N2O2.C6H16N2.C6H14O2S2.C4H13N3.C4H11NOS.C4H10OS2.C2H7NS/c2*1-7(9)5-11-3-4-12-6-8(2)10;1-7(11-5-3-9)6-10-4-2-8;3*7-1-3-9-5-6-10-4-2-8;7-5-3-1-2-4-6-8;9-5-3-7-1-2-8-4-6-10;5-1-3-7-4-2-6;5-1-2-6-3-4-7;6-3-1-5-2-4-7;3-1-2-4/h2*7-8H,3-6,9-10H2,1-2H3;7H,2-6,8-9H2,1H3;3*1-8H2;1-8H2;9-10H,1-6H2;7H,1-6H2;7H,1-5H2;6-7H,1-4H2;4H,1-3H2. The molecule has 0 saturated heterocycles. The van der Waals surface area contributed by atoms with Gasteiger partial charge in [-0.3, -0.25) is 0 Å². The molecular weight excluding hydrogens is 1520 g/mol. The number of thiol groups is 6. The molecule has 0 bridgehead atoms. The van der Waals surface area contributed by atoms with Crippen molar-refractivity contribution in [3.63, 3.8) is 0 Å². The van der Waals surface area contributed by atoms with E-state index >= 15 is 0 Å². The zero-order valence-electron chi connectivity index (χ0n) is 68.3. The van der Waals surface area contributed by atoms with E-state index in [2.05, 4.69) is 81.1 Å². The molecule has 0 aliphatic carbocycles. The van der Waals surface area contributed by atoms with Gasteiger partial charge in [-0.05, 0) is 60.5 Å². The summed E-state index contributed by atoms with van der Waals surface area (Å²) in [5.41, 5.74) is 94.4. The third-order valence-corrected chi connectivity index (χ3v) is 11.0. The van der Waals surface area contributed by atoms with Gasteiger partial charge < -0.3 is 184 Å². The monoisotopic (exact) mass is 1700 g/mol. The van der Waals surface area contributed by atoms with Crippen LogP contribution < -0.4 is 109 Å². The molecule has 0 aliphatic rings. The molecule has 0 aliphatic heterocycles. The van der Waals surface area contributed by atoms with Gasteiger partial charge in [-0.2, -0.15) is 75.8 Å². The van der Waals surface area contributed by atoms with Crippen LogP contribution in [0.1, 0.15) is 60.3 Å². The quantitative estimate of drug-likeness (QED) is 0.0204. The number of rotatable bonds is 67. The average molecular weight is 1700 g/mol. The fraction of sp³-hybridized carbons (Fsp3) is 1.00. The highest BCUT2D eigenvalue weighted by atomic mass is 32.1. The highest BCUT2D eigenvalue weighted by molar-refractivity contribution is 7.81. The largest absolute Gasteiger partial charge is 0.380 e. The Balaban J connectivity index is -0.0000000938. The molecule has 672 valence electrons. The first-order chi connectivity index (χ1) is 52.3. The second kappa shape index (κ2) is 152. The zero-order chi connectivity index (χ0) is 84.2. The lowest BCUT2D eigenvalue weighted by Crippen LogP contribution is -2.27. The molecule has 5 atom stereocenters. The summed E-state index contributed by atoms with van der Waals surface area (Å²) in [6, 6.07) is 0.383. The summed E-state index contributed by atoms with van der Waals surface area (Å²) in [6.07, 6.45) is 4.91. The van der Waals surface area contributed by atoms with E-state index < -0.39 is 0 Å². The number of nitrogens with two attached hydrogens (primary N) is 18. The minimum Gasteiger partial charge on any atom is -0.380 e. The van der Waals surface area contributed by atoms with Crippen molar-refractivity contribution in [2.75, 3.05) is 344 Å². The number of nitrogens with one attached hydrogen (secondary N) is 1. The van der Waals surface area contributed by atoms with Crippen LogP contribution in [0.4, 0.5) is 0 Å². The minimum absolute atomic E-state index is 0.0958. The Morgan fingerprint density at radius 3 is 0.574 bits per heavy atom. The van der Waals surface area contributed by atoms with Gasteiger partial charge in [-0.25, -0.2) is 0 Å². The third-order valence-electron chi connectivity index (χ3n) is 9.83. The van der Waals surface area contributed by atoms with Gasteiger partial charge in [0.15, 0.2) is 0 Å². The first kappa shape index (κ1) is 135. The maximum atomic E-state index is 5.47. The van der Waals surface area contributed by atoms with Gasteiger partial charge in [0.05, 0.1) is 211 Å². The van der Waals surface area contributed by atoms with Crippen LogP contribution in [-0.2, 0) is 75.8 Å². The first-order valence-corrected chi connectivity index (χ1v) is 41.6. The van der Waals surface area contributed by atoms with Crippen molar-refractivity contribution >= 4 is 75.8 Å². The van der Waals surface area contributed by atoms with Crippen molar-refractivity contribution < 1.29 is 75.8 Å². The van der Waals surface area contributed by atoms with Gasteiger partial charge >= 0.3 is 0 Å². The van der Waals surface area contributed by atoms with Crippen molar-refractivity contribution in [2.45, 2.75) is 90.6 Å². The van der Waals surface area contributed by atoms with Crippen molar-refractivity contribution in [2.24, 2.45) is 103 Å². The molecule has 0 spiro atoms. The number of hydrogen-bond acceptors (Lipinski definition) is 41. The van der Waals surface area contributed by atoms with Gasteiger partial charge in [-0.1, -0.05) is 12.8 Å². The van der Waals surface area contributed by atoms with Crippen molar-refractivity contribution in [3.8, 4) is 0 Å². The molecule has 0 fully saturated rings. The van der Waals surface area contributed by atoms with Crippen LogP contribution in [0.25, 0.3) is 0 Å². The Hall–Kier alpha value is 0.700. The molecule has 35 nitrogen and oxygen atoms in total. The molecule has 0 saturated carbocycles. The van der Waals surface area contributed by atoms with E-state index in [0.717, 1.165) is 86.8 Å². The summed E-state index contributed by atoms with van der Waals surface area (Å²) < 4.78 is 81.5. The highest BCUT2D eigenvalue weighted by Gasteiger charge is 2.01.